The van der Waals surface area contributed by atoms with Gasteiger partial charge >= 0.3 is 24.1 Å². The van der Waals surface area contributed by atoms with E-state index in [9.17, 15) is 47.3 Å². The molecule has 0 amide bonds. The molecule has 1 aromatic heterocycles. The Morgan fingerprint density at radius 2 is 1.49 bits per heavy atom. The van der Waals surface area contributed by atoms with Gasteiger partial charge in [-0.3, -0.25) is 0 Å². The fourth-order valence-electron chi connectivity index (χ4n) is 4.69. The number of carbonyl (C=O) groups is 3. The predicted octanol–water partition coefficient (Wildman–Crippen LogP) is 6.71. The Kier molecular flexibility index (Phi) is 7.81. The summed E-state index contributed by atoms with van der Waals surface area (Å²) < 4.78 is 74.2. The first-order chi connectivity index (χ1) is 21.2. The molecule has 0 aliphatic heterocycles. The van der Waals surface area contributed by atoms with Crippen LogP contribution < -0.4 is 0 Å². The van der Waals surface area contributed by atoms with E-state index in [0.29, 0.717) is 12.1 Å². The van der Waals surface area contributed by atoms with Gasteiger partial charge in [-0.05, 0) is 81.7 Å². The number of tetrazole rings is 1. The average molecular weight is 644 g/mol. The number of aromatic nitrogens is 4. The Balaban J connectivity index is 1.86. The molecule has 0 spiro atoms. The molecule has 1 radical (unpaired) electrons. The first kappa shape index (κ1) is 30.7. The number of nitrogens with zero attached hydrogens (tertiary/aromatic N) is 3. The standard InChI is InChI=1S/C29H13ClF5N4O6/c30-21-5-4-11(26(40)41)6-15(21)14-10-23(32)16(7-17(14)25-36-38-39-37-25)13-9-20(29(33,34)35)19(8-18(13)28(44)45)24-12(27(42)43)2-1-3-22(24)31/h1-3,5-10H,(H,40,41)(H,42,43)(H,44,45)(H,36,37,38,39). The molecule has 45 heavy (non-hydrogen) atoms. The van der Waals surface area contributed by atoms with Gasteiger partial charge in [0.05, 0.1) is 22.3 Å². The van der Waals surface area contributed by atoms with Gasteiger partial charge < -0.3 is 15.3 Å². The van der Waals surface area contributed by atoms with Crippen LogP contribution in [-0.2, 0) is 6.18 Å². The number of H-pyrrole nitrogens is 1. The highest BCUT2D eigenvalue weighted by molar-refractivity contribution is 6.33. The minimum Gasteiger partial charge on any atom is -0.478 e. The third-order valence-corrected chi connectivity index (χ3v) is 6.94. The van der Waals surface area contributed by atoms with Crippen molar-refractivity contribution in [3.05, 3.63) is 99.6 Å². The number of benzene rings is 4. The van der Waals surface area contributed by atoms with Crippen molar-refractivity contribution in [2.45, 2.75) is 6.18 Å². The highest BCUT2D eigenvalue weighted by Crippen LogP contribution is 2.45. The van der Waals surface area contributed by atoms with Crippen molar-refractivity contribution in [3.63, 3.8) is 0 Å². The van der Waals surface area contributed by atoms with Crippen molar-refractivity contribution in [2.24, 2.45) is 0 Å². The lowest BCUT2D eigenvalue weighted by Crippen LogP contribution is -2.13. The van der Waals surface area contributed by atoms with Crippen LogP contribution in [0.1, 0.15) is 36.6 Å². The molecule has 4 N–H and O–H groups in total. The van der Waals surface area contributed by atoms with Crippen LogP contribution >= 0.6 is 11.6 Å². The Morgan fingerprint density at radius 3 is 2.09 bits per heavy atom. The van der Waals surface area contributed by atoms with E-state index in [4.69, 9.17) is 11.6 Å². The molecular formula is C29H13ClF5N4O6. The van der Waals surface area contributed by atoms with Crippen LogP contribution in [0.3, 0.4) is 0 Å². The minimum absolute atomic E-state index is 0.0600. The molecule has 1 heterocycles. The largest absolute Gasteiger partial charge is 0.478 e. The van der Waals surface area contributed by atoms with Crippen LogP contribution in [0.25, 0.3) is 44.8 Å². The van der Waals surface area contributed by atoms with Gasteiger partial charge in [-0.25, -0.2) is 28.3 Å². The van der Waals surface area contributed by atoms with Crippen molar-refractivity contribution < 1.29 is 51.7 Å². The first-order valence-corrected chi connectivity index (χ1v) is 12.6. The Bertz CT molecular complexity index is 2030. The summed E-state index contributed by atoms with van der Waals surface area (Å²) in [4.78, 5) is 35.7. The molecule has 0 aliphatic carbocycles. The van der Waals surface area contributed by atoms with Gasteiger partial charge in [0.1, 0.15) is 11.6 Å². The second-order valence-corrected chi connectivity index (χ2v) is 9.66. The Hall–Kier alpha value is -5.70. The topological polar surface area (TPSA) is 166 Å². The van der Waals surface area contributed by atoms with Gasteiger partial charge in [0, 0.05) is 27.3 Å². The van der Waals surface area contributed by atoms with E-state index in [2.05, 4.69) is 26.7 Å². The lowest BCUT2D eigenvalue weighted by atomic mass is 9.86. The van der Waals surface area contributed by atoms with Gasteiger partial charge in [-0.2, -0.15) is 13.2 Å². The molecule has 0 fully saturated rings. The van der Waals surface area contributed by atoms with Crippen LogP contribution in [0.4, 0.5) is 22.0 Å². The lowest BCUT2D eigenvalue weighted by molar-refractivity contribution is -0.137. The van der Waals surface area contributed by atoms with Crippen LogP contribution in [0.2, 0.25) is 5.02 Å². The number of aromatic carboxylic acids is 3. The zero-order chi connectivity index (χ0) is 32.8. The summed E-state index contributed by atoms with van der Waals surface area (Å²) in [5, 5.41) is 41.8. The van der Waals surface area contributed by atoms with Crippen molar-refractivity contribution in [1.82, 2.24) is 20.6 Å². The number of rotatable bonds is 7. The van der Waals surface area contributed by atoms with Gasteiger partial charge in [0.15, 0.2) is 5.82 Å². The van der Waals surface area contributed by atoms with E-state index in [1.165, 1.54) is 0 Å². The van der Waals surface area contributed by atoms with E-state index in [1.54, 1.807) is 0 Å². The molecule has 5 aromatic rings. The molecule has 0 atom stereocenters. The number of halogens is 6. The van der Waals surface area contributed by atoms with Gasteiger partial charge in [-0.15, -0.1) is 5.10 Å². The van der Waals surface area contributed by atoms with E-state index >= 15 is 4.39 Å². The summed E-state index contributed by atoms with van der Waals surface area (Å²) in [7, 11) is 0. The maximum atomic E-state index is 15.9. The number of aromatic amines is 1. The molecule has 10 nitrogen and oxygen atoms in total. The van der Waals surface area contributed by atoms with Crippen LogP contribution in [-0.4, -0.2) is 53.9 Å². The van der Waals surface area contributed by atoms with Crippen LogP contribution in [0.5, 0.6) is 0 Å². The summed E-state index contributed by atoms with van der Waals surface area (Å²) in [6, 6.07) is 9.44. The predicted molar refractivity (Wildman–Crippen MR) is 146 cm³/mol. The maximum Gasteiger partial charge on any atom is 0.417 e. The maximum absolute atomic E-state index is 15.9. The normalized spacial score (nSPS) is 11.4. The molecule has 16 heteroatoms. The Labute approximate surface area is 252 Å². The molecule has 0 bridgehead atoms. The molecule has 5 rings (SSSR count). The number of carboxylic acids is 3. The third-order valence-electron chi connectivity index (χ3n) is 6.63. The van der Waals surface area contributed by atoms with E-state index < -0.39 is 74.7 Å². The average Bonchev–Trinajstić information content (AvgIpc) is 3.51. The van der Waals surface area contributed by atoms with Crippen LogP contribution in [0.15, 0.2) is 54.6 Å². The van der Waals surface area contributed by atoms with Gasteiger partial charge in [0.2, 0.25) is 0 Å². The molecule has 4 aromatic carbocycles. The first-order valence-electron chi connectivity index (χ1n) is 12.2. The third kappa shape index (κ3) is 5.68. The molecular weight excluding hydrogens is 631 g/mol. The van der Waals surface area contributed by atoms with Crippen molar-refractivity contribution >= 4 is 29.5 Å². The van der Waals surface area contributed by atoms with Gasteiger partial charge in [-0.1, -0.05) is 17.7 Å². The smallest absolute Gasteiger partial charge is 0.417 e. The van der Waals surface area contributed by atoms with Gasteiger partial charge in [0.25, 0.3) is 0 Å². The summed E-state index contributed by atoms with van der Waals surface area (Å²) in [5.74, 6) is -7.88. The van der Waals surface area contributed by atoms with Crippen molar-refractivity contribution in [2.75, 3.05) is 0 Å². The molecule has 0 saturated heterocycles. The molecule has 0 unspecified atom stereocenters. The van der Waals surface area contributed by atoms with Crippen molar-refractivity contribution in [1.29, 1.82) is 0 Å². The monoisotopic (exact) mass is 643 g/mol. The fourth-order valence-corrected chi connectivity index (χ4v) is 4.90. The second-order valence-electron chi connectivity index (χ2n) is 9.25. The number of carboxylic acid groups (broad SMARTS) is 3. The van der Waals surface area contributed by atoms with Crippen molar-refractivity contribution in [3.8, 4) is 44.8 Å². The van der Waals surface area contributed by atoms with E-state index in [1.807, 2.05) is 0 Å². The zero-order valence-corrected chi connectivity index (χ0v) is 22.6. The van der Waals surface area contributed by atoms with E-state index in [0.717, 1.165) is 36.4 Å². The summed E-state index contributed by atoms with van der Waals surface area (Å²) >= 11 is 6.26. The quantitative estimate of drug-likeness (QED) is 0.141. The highest BCUT2D eigenvalue weighted by atomic mass is 35.5. The minimum atomic E-state index is -5.31. The highest BCUT2D eigenvalue weighted by Gasteiger charge is 2.38. The SMILES string of the molecule is O=C(O)c1[c]cc(Cl)c(-c2cc(F)c(-c3cc(C(F)(F)F)c(-c4c(F)cccc4C(=O)O)cc3C(=O)O)cc2-c2nnn[nH]2)c1. The summed E-state index contributed by atoms with van der Waals surface area (Å²) in [6.07, 6.45) is -5.31. The summed E-state index contributed by atoms with van der Waals surface area (Å²) in [5.41, 5.74) is -7.81. The fraction of sp³-hybridized carbons (Fsp3) is 0.0345. The molecule has 0 saturated carbocycles. The van der Waals surface area contributed by atoms with E-state index in [-0.39, 0.29) is 39.2 Å². The number of alkyl halides is 3. The number of hydrogen-bond acceptors (Lipinski definition) is 6. The number of hydrogen-bond donors (Lipinski definition) is 4. The second kappa shape index (κ2) is 11.4. The Morgan fingerprint density at radius 1 is 0.778 bits per heavy atom. The lowest BCUT2D eigenvalue weighted by Gasteiger charge is -2.20. The summed E-state index contributed by atoms with van der Waals surface area (Å²) in [6.45, 7) is 0. The molecule has 227 valence electrons. The molecule has 0 aliphatic rings. The van der Waals surface area contributed by atoms with Crippen LogP contribution in [0, 0.1) is 17.7 Å². The number of nitrogens with one attached hydrogen (secondary N) is 1. The zero-order valence-electron chi connectivity index (χ0n) is 21.9.